The number of hydrogen-bond acceptors (Lipinski definition) is 6. The quantitative estimate of drug-likeness (QED) is 0.155. The zero-order valence-electron chi connectivity index (χ0n) is 48.3. The number of rotatable bonds is 6. The van der Waals surface area contributed by atoms with Crippen LogP contribution < -0.4 is 42.6 Å². The summed E-state index contributed by atoms with van der Waals surface area (Å²) in [5, 5.41) is 9.69. The van der Waals surface area contributed by atoms with Crippen molar-refractivity contribution in [3.8, 4) is 0 Å². The maximum absolute atomic E-state index is 6.72. The van der Waals surface area contributed by atoms with Crippen molar-refractivity contribution < 1.29 is 8.83 Å². The third kappa shape index (κ3) is 7.42. The van der Waals surface area contributed by atoms with Crippen molar-refractivity contribution in [2.45, 2.75) is 41.0 Å². The summed E-state index contributed by atoms with van der Waals surface area (Å²) in [5.41, 5.74) is 27.5. The molecule has 0 aliphatic carbocycles. The molecule has 0 radical (unpaired) electrons. The Morgan fingerprint density at radius 2 is 0.709 bits per heavy atom. The van der Waals surface area contributed by atoms with Crippen LogP contribution in [0.3, 0.4) is 0 Å². The summed E-state index contributed by atoms with van der Waals surface area (Å²) in [5.74, 6) is 0. The Labute approximate surface area is 506 Å². The first-order valence-electron chi connectivity index (χ1n) is 29.9. The van der Waals surface area contributed by atoms with E-state index in [2.05, 4.69) is 269 Å². The molecule has 0 atom stereocenters. The SMILES string of the molecule is Cc1cc(C)c(B2c3cc4oc5ccccc5c4cc3N(c3ccc(Cc4cc(C)c(B5c6cc7sc8ccccc8c7cc6N(c6ccccc6)c6cc7c(cc65)sc5ccccc57)c(C)c4)cc3)c3cc4c(cc32)oc2ccccc24)c(C)c1. The van der Waals surface area contributed by atoms with Crippen molar-refractivity contribution in [1.29, 1.82) is 0 Å². The standard InChI is InChI=1S/C78H54B2N2O2S2/c1-44-31-45(2)77(46(3)32-44)79-61-40-71-57(53-19-9-13-23-69(53)83-71)36-65(61)82(66-37-58-54-20-10-14-24-70(54)84-72(58)41-62(66)79)52-29-27-49(28-30-52)35-50-33-47(4)78(48(5)34-50)80-63-42-75-59(55-21-11-15-25-73(55)85-75)38-67(63)81(51-17-7-6-8-18-51)68-39-60-56-22-12-16-26-74(56)86-76(60)43-64(68)80/h6-34,36-43H,35H2,1-5H3. The van der Waals surface area contributed by atoms with Crippen LogP contribution in [0, 0.1) is 34.6 Å². The van der Waals surface area contributed by atoms with Crippen LogP contribution in [0.5, 0.6) is 0 Å². The zero-order valence-corrected chi connectivity index (χ0v) is 49.9. The zero-order chi connectivity index (χ0) is 57.2. The topological polar surface area (TPSA) is 32.8 Å². The largest absolute Gasteiger partial charge is 0.456 e. The van der Waals surface area contributed by atoms with E-state index in [4.69, 9.17) is 8.83 Å². The van der Waals surface area contributed by atoms with Gasteiger partial charge in [-0.2, -0.15) is 0 Å². The fourth-order valence-electron chi connectivity index (χ4n) is 15.4. The van der Waals surface area contributed by atoms with Crippen LogP contribution in [0.15, 0.2) is 233 Å². The van der Waals surface area contributed by atoms with Crippen molar-refractivity contribution in [2.24, 2.45) is 0 Å². The molecule has 12 aromatic carbocycles. The van der Waals surface area contributed by atoms with E-state index in [9.17, 15) is 0 Å². The second kappa shape index (κ2) is 18.7. The molecular formula is C78H54B2N2O2S2. The monoisotopic (exact) mass is 1140 g/mol. The van der Waals surface area contributed by atoms with Gasteiger partial charge in [0.2, 0.25) is 13.4 Å². The Hall–Kier alpha value is -9.59. The Morgan fingerprint density at radius 1 is 0.314 bits per heavy atom. The molecule has 406 valence electrons. The van der Waals surface area contributed by atoms with Crippen LogP contribution in [-0.2, 0) is 6.42 Å². The Bertz CT molecular complexity index is 5270. The Kier molecular flexibility index (Phi) is 10.8. The van der Waals surface area contributed by atoms with E-state index in [1.54, 1.807) is 0 Å². The van der Waals surface area contributed by atoms with E-state index in [0.29, 0.717) is 0 Å². The molecule has 0 saturated heterocycles. The molecule has 4 nitrogen and oxygen atoms in total. The number of anilines is 6. The van der Waals surface area contributed by atoms with Gasteiger partial charge in [-0.25, -0.2) is 0 Å². The van der Waals surface area contributed by atoms with Gasteiger partial charge in [0.1, 0.15) is 22.3 Å². The van der Waals surface area contributed by atoms with Gasteiger partial charge in [0.05, 0.1) is 0 Å². The van der Waals surface area contributed by atoms with Gasteiger partial charge in [-0.1, -0.05) is 166 Å². The first kappa shape index (κ1) is 49.8. The lowest BCUT2D eigenvalue weighted by molar-refractivity contribution is 0.669. The molecular weight excluding hydrogens is 1080 g/mol. The summed E-state index contributed by atoms with van der Waals surface area (Å²) in [4.78, 5) is 5.06. The molecule has 0 amide bonds. The molecule has 16 aromatic rings. The van der Waals surface area contributed by atoms with E-state index >= 15 is 0 Å². The highest BCUT2D eigenvalue weighted by Crippen LogP contribution is 2.46. The van der Waals surface area contributed by atoms with Crippen molar-refractivity contribution in [2.75, 3.05) is 9.80 Å². The van der Waals surface area contributed by atoms with Gasteiger partial charge >= 0.3 is 0 Å². The molecule has 2 aliphatic heterocycles. The molecule has 86 heavy (non-hydrogen) atoms. The third-order valence-corrected chi connectivity index (χ3v) is 21.2. The third-order valence-electron chi connectivity index (χ3n) is 18.9. The number of hydrogen-bond donors (Lipinski definition) is 0. The average Bonchev–Trinajstić information content (AvgIpc) is 1.32. The molecule has 0 spiro atoms. The summed E-state index contributed by atoms with van der Waals surface area (Å²) in [7, 11) is 0. The summed E-state index contributed by atoms with van der Waals surface area (Å²) < 4.78 is 18.7. The van der Waals surface area contributed by atoms with E-state index in [1.807, 2.05) is 22.7 Å². The number of para-hydroxylation sites is 3. The molecule has 0 bridgehead atoms. The highest BCUT2D eigenvalue weighted by molar-refractivity contribution is 7.26. The number of benzene rings is 12. The number of fused-ring (bicyclic) bond motifs is 16. The predicted octanol–water partition coefficient (Wildman–Crippen LogP) is 18.0. The molecule has 0 fully saturated rings. The van der Waals surface area contributed by atoms with Crippen molar-refractivity contribution >= 4 is 187 Å². The molecule has 0 saturated carbocycles. The number of nitrogens with zero attached hydrogens (tertiary/aromatic N) is 2. The summed E-state index contributed by atoms with van der Waals surface area (Å²) in [6, 6.07) is 84.2. The summed E-state index contributed by atoms with van der Waals surface area (Å²) in [6.07, 6.45) is 0.803. The summed E-state index contributed by atoms with van der Waals surface area (Å²) in [6.45, 7) is 11.4. The Balaban J connectivity index is 0.778. The minimum absolute atomic E-state index is 0.00815. The molecule has 2 aliphatic rings. The van der Waals surface area contributed by atoms with E-state index < -0.39 is 0 Å². The smallest absolute Gasteiger partial charge is 0.247 e. The fraction of sp³-hybridized carbons (Fsp3) is 0.0769. The van der Waals surface area contributed by atoms with Crippen LogP contribution in [0.25, 0.3) is 84.2 Å². The first-order valence-corrected chi connectivity index (χ1v) is 31.5. The van der Waals surface area contributed by atoms with Crippen LogP contribution in [0.1, 0.15) is 38.9 Å². The molecule has 18 rings (SSSR count). The normalized spacial score (nSPS) is 13.1. The molecule has 8 heteroatoms. The summed E-state index contributed by atoms with van der Waals surface area (Å²) >= 11 is 3.81. The van der Waals surface area contributed by atoms with E-state index in [1.165, 1.54) is 129 Å². The van der Waals surface area contributed by atoms with Crippen LogP contribution in [0.2, 0.25) is 0 Å². The predicted molar refractivity (Wildman–Crippen MR) is 371 cm³/mol. The second-order valence-electron chi connectivity index (χ2n) is 24.2. The molecule has 0 N–H and O–H groups in total. The molecule has 6 heterocycles. The van der Waals surface area contributed by atoms with Crippen molar-refractivity contribution in [3.63, 3.8) is 0 Å². The van der Waals surface area contributed by atoms with Gasteiger partial charge in [-0.05, 0) is 171 Å². The van der Waals surface area contributed by atoms with Gasteiger partial charge in [-0.3, -0.25) is 0 Å². The lowest BCUT2D eigenvalue weighted by Crippen LogP contribution is -2.58. The minimum atomic E-state index is -0.0761. The Morgan fingerprint density at radius 3 is 1.20 bits per heavy atom. The van der Waals surface area contributed by atoms with E-state index in [-0.39, 0.29) is 13.4 Å². The number of aryl methyl sites for hydroxylation is 5. The lowest BCUT2D eigenvalue weighted by atomic mass is 9.33. The van der Waals surface area contributed by atoms with Crippen molar-refractivity contribution in [3.05, 3.63) is 263 Å². The van der Waals surface area contributed by atoms with Gasteiger partial charge < -0.3 is 18.6 Å². The maximum atomic E-state index is 6.72. The lowest BCUT2D eigenvalue weighted by Gasteiger charge is -2.38. The van der Waals surface area contributed by atoms with Gasteiger partial charge in [0, 0.05) is 96.0 Å². The number of furan rings is 2. The number of thiophene rings is 2. The highest BCUT2D eigenvalue weighted by atomic mass is 32.1. The second-order valence-corrected chi connectivity index (χ2v) is 26.4. The molecule has 4 aromatic heterocycles. The van der Waals surface area contributed by atoms with Gasteiger partial charge in [-0.15, -0.1) is 22.7 Å². The average molecular weight is 1140 g/mol. The maximum Gasteiger partial charge on any atom is 0.247 e. The minimum Gasteiger partial charge on any atom is -0.456 e. The van der Waals surface area contributed by atoms with Crippen LogP contribution in [0.4, 0.5) is 34.1 Å². The van der Waals surface area contributed by atoms with Crippen LogP contribution in [-0.4, -0.2) is 13.4 Å². The highest BCUT2D eigenvalue weighted by Gasteiger charge is 2.41. The van der Waals surface area contributed by atoms with Crippen LogP contribution >= 0.6 is 22.7 Å². The van der Waals surface area contributed by atoms with Crippen molar-refractivity contribution in [1.82, 2.24) is 0 Å². The van der Waals surface area contributed by atoms with E-state index in [0.717, 1.165) is 67.4 Å². The molecule has 0 unspecified atom stereocenters. The fourth-order valence-corrected chi connectivity index (χ4v) is 17.7. The van der Waals surface area contributed by atoms with Gasteiger partial charge in [0.15, 0.2) is 0 Å². The van der Waals surface area contributed by atoms with Gasteiger partial charge in [0.25, 0.3) is 0 Å². The first-order chi connectivity index (χ1) is 42.1.